The highest BCUT2D eigenvalue weighted by atomic mass is 35.5. The van der Waals surface area contributed by atoms with Crippen molar-refractivity contribution in [2.75, 3.05) is 5.32 Å². The maximum Gasteiger partial charge on any atom is 0.224 e. The zero-order chi connectivity index (χ0) is 19.8. The smallest absolute Gasteiger partial charge is 0.224 e. The molecule has 3 aromatic heterocycles. The molecule has 0 aliphatic rings. The largest absolute Gasteiger partial charge is 0.326 e. The topological polar surface area (TPSA) is 72.2 Å². The Labute approximate surface area is 171 Å². The number of hydrogen-bond acceptors (Lipinski definition) is 4. The van der Waals surface area contributed by atoms with Crippen LogP contribution in [-0.2, 0) is 11.2 Å². The number of nitrogens with zero attached hydrogens (tertiary/aromatic N) is 4. The number of pyridine rings is 1. The Morgan fingerprint density at radius 1 is 1.18 bits per heavy atom. The van der Waals surface area contributed by atoms with Gasteiger partial charge < -0.3 is 5.32 Å². The lowest BCUT2D eigenvalue weighted by Crippen LogP contribution is -2.14. The first kappa shape index (κ1) is 18.7. The van der Waals surface area contributed by atoms with Crippen LogP contribution in [0.15, 0.2) is 36.5 Å². The molecule has 8 heteroatoms. The first-order valence-electron chi connectivity index (χ1n) is 8.78. The van der Waals surface area contributed by atoms with Crippen molar-refractivity contribution in [3.8, 4) is 0 Å². The number of halogens is 2. The van der Waals surface area contributed by atoms with E-state index >= 15 is 0 Å². The molecule has 0 fully saturated rings. The van der Waals surface area contributed by atoms with Crippen molar-refractivity contribution in [1.82, 2.24) is 19.6 Å². The lowest BCUT2D eigenvalue weighted by atomic mass is 10.1. The lowest BCUT2D eigenvalue weighted by molar-refractivity contribution is -0.116. The highest BCUT2D eigenvalue weighted by Gasteiger charge is 2.15. The van der Waals surface area contributed by atoms with E-state index in [4.69, 9.17) is 28.2 Å². The van der Waals surface area contributed by atoms with Crippen LogP contribution in [0.1, 0.15) is 23.4 Å². The summed E-state index contributed by atoms with van der Waals surface area (Å²) in [7, 11) is 0. The van der Waals surface area contributed by atoms with Gasteiger partial charge in [-0.3, -0.25) is 4.79 Å². The third-order valence-electron chi connectivity index (χ3n) is 4.69. The SMILES string of the molecule is Cc1nc2c3cccnc3nn2c(C)c1CCC(=O)Nc1ccc(Cl)c(Cl)c1. The molecule has 0 radical (unpaired) electrons. The number of carbonyl (C=O) groups is 1. The Kier molecular flexibility index (Phi) is 4.91. The summed E-state index contributed by atoms with van der Waals surface area (Å²) in [5.74, 6) is -0.107. The molecule has 0 spiro atoms. The van der Waals surface area contributed by atoms with Crippen molar-refractivity contribution in [2.45, 2.75) is 26.7 Å². The number of benzene rings is 1. The molecule has 0 aliphatic heterocycles. The van der Waals surface area contributed by atoms with E-state index in [0.717, 1.165) is 28.0 Å². The first-order valence-corrected chi connectivity index (χ1v) is 9.54. The van der Waals surface area contributed by atoms with Crippen molar-refractivity contribution >= 4 is 51.5 Å². The van der Waals surface area contributed by atoms with Gasteiger partial charge in [0.1, 0.15) is 0 Å². The number of fused-ring (bicyclic) bond motifs is 3. The van der Waals surface area contributed by atoms with Crippen LogP contribution in [0.2, 0.25) is 10.0 Å². The van der Waals surface area contributed by atoms with Gasteiger partial charge in [-0.1, -0.05) is 23.2 Å². The number of amides is 1. The van der Waals surface area contributed by atoms with Crippen molar-refractivity contribution in [1.29, 1.82) is 0 Å². The third kappa shape index (κ3) is 3.41. The number of nitrogens with one attached hydrogen (secondary N) is 1. The van der Waals surface area contributed by atoms with Gasteiger partial charge in [-0.2, -0.15) is 0 Å². The number of hydrogen-bond donors (Lipinski definition) is 1. The Balaban J connectivity index is 1.56. The zero-order valence-corrected chi connectivity index (χ0v) is 16.8. The van der Waals surface area contributed by atoms with Gasteiger partial charge in [-0.05, 0) is 56.2 Å². The summed E-state index contributed by atoms with van der Waals surface area (Å²) >= 11 is 11.9. The van der Waals surface area contributed by atoms with E-state index < -0.39 is 0 Å². The average Bonchev–Trinajstić information content (AvgIpc) is 3.03. The van der Waals surface area contributed by atoms with E-state index in [0.29, 0.717) is 34.2 Å². The predicted octanol–water partition coefficient (Wildman–Crippen LogP) is 4.77. The van der Waals surface area contributed by atoms with Gasteiger partial charge in [0.2, 0.25) is 5.91 Å². The molecule has 0 unspecified atom stereocenters. The average molecular weight is 414 g/mol. The fourth-order valence-electron chi connectivity index (χ4n) is 3.26. The van der Waals surface area contributed by atoms with Crippen LogP contribution in [0.5, 0.6) is 0 Å². The minimum absolute atomic E-state index is 0.107. The van der Waals surface area contributed by atoms with Crippen LogP contribution >= 0.6 is 23.2 Å². The van der Waals surface area contributed by atoms with Gasteiger partial charge in [0.05, 0.1) is 15.4 Å². The number of aryl methyl sites for hydroxylation is 2. The quantitative estimate of drug-likeness (QED) is 0.522. The number of rotatable bonds is 4. The van der Waals surface area contributed by atoms with Gasteiger partial charge in [-0.15, -0.1) is 5.10 Å². The molecule has 4 aromatic rings. The molecule has 6 nitrogen and oxygen atoms in total. The van der Waals surface area contributed by atoms with Crippen molar-refractivity contribution < 1.29 is 4.79 Å². The maximum atomic E-state index is 12.4. The first-order chi connectivity index (χ1) is 13.4. The molecule has 0 saturated carbocycles. The molecule has 28 heavy (non-hydrogen) atoms. The van der Waals surface area contributed by atoms with Gasteiger partial charge in [0.25, 0.3) is 0 Å². The fourth-order valence-corrected chi connectivity index (χ4v) is 3.56. The Morgan fingerprint density at radius 2 is 2.00 bits per heavy atom. The molecule has 1 aromatic carbocycles. The normalized spacial score (nSPS) is 11.3. The van der Waals surface area contributed by atoms with Gasteiger partial charge in [0.15, 0.2) is 11.3 Å². The summed E-state index contributed by atoms with van der Waals surface area (Å²) in [4.78, 5) is 21.4. The van der Waals surface area contributed by atoms with Crippen LogP contribution < -0.4 is 5.32 Å². The number of anilines is 1. The van der Waals surface area contributed by atoms with Gasteiger partial charge in [-0.25, -0.2) is 14.5 Å². The second kappa shape index (κ2) is 7.37. The summed E-state index contributed by atoms with van der Waals surface area (Å²) in [6.07, 6.45) is 2.58. The molecule has 4 rings (SSSR count). The van der Waals surface area contributed by atoms with Crippen LogP contribution in [0.25, 0.3) is 16.7 Å². The fraction of sp³-hybridized carbons (Fsp3) is 0.200. The highest BCUT2D eigenvalue weighted by molar-refractivity contribution is 6.42. The minimum atomic E-state index is -0.107. The monoisotopic (exact) mass is 413 g/mol. The van der Waals surface area contributed by atoms with E-state index in [1.807, 2.05) is 26.0 Å². The van der Waals surface area contributed by atoms with E-state index in [-0.39, 0.29) is 5.91 Å². The molecule has 0 bridgehead atoms. The van der Waals surface area contributed by atoms with Crippen molar-refractivity contribution in [3.05, 3.63) is 63.5 Å². The van der Waals surface area contributed by atoms with Crippen LogP contribution in [0.4, 0.5) is 5.69 Å². The lowest BCUT2D eigenvalue weighted by Gasteiger charge is -2.11. The number of aromatic nitrogens is 4. The Hall–Kier alpha value is -2.70. The molecular weight excluding hydrogens is 397 g/mol. The molecule has 0 saturated heterocycles. The van der Waals surface area contributed by atoms with Crippen molar-refractivity contribution in [2.24, 2.45) is 0 Å². The molecule has 0 aliphatic carbocycles. The molecule has 142 valence electrons. The predicted molar refractivity (Wildman–Crippen MR) is 111 cm³/mol. The van der Waals surface area contributed by atoms with Crippen LogP contribution in [0, 0.1) is 13.8 Å². The summed E-state index contributed by atoms with van der Waals surface area (Å²) < 4.78 is 1.80. The summed E-state index contributed by atoms with van der Waals surface area (Å²) in [6, 6.07) is 8.84. The number of carbonyl (C=O) groups excluding carboxylic acids is 1. The molecule has 1 N–H and O–H groups in total. The highest BCUT2D eigenvalue weighted by Crippen LogP contribution is 2.25. The maximum absolute atomic E-state index is 12.4. The summed E-state index contributed by atoms with van der Waals surface area (Å²) in [5.41, 5.74) is 4.91. The van der Waals surface area contributed by atoms with Crippen LogP contribution in [-0.4, -0.2) is 25.5 Å². The second-order valence-electron chi connectivity index (χ2n) is 6.55. The third-order valence-corrected chi connectivity index (χ3v) is 5.43. The zero-order valence-electron chi connectivity index (χ0n) is 15.3. The van der Waals surface area contributed by atoms with E-state index in [1.165, 1.54) is 0 Å². The Morgan fingerprint density at radius 3 is 2.79 bits per heavy atom. The Bertz CT molecular complexity index is 1220. The summed E-state index contributed by atoms with van der Waals surface area (Å²) in [6.45, 7) is 3.94. The van der Waals surface area contributed by atoms with E-state index in [1.54, 1.807) is 28.9 Å². The van der Waals surface area contributed by atoms with Gasteiger partial charge >= 0.3 is 0 Å². The molecular formula is C20H17Cl2N5O. The second-order valence-corrected chi connectivity index (χ2v) is 7.36. The van der Waals surface area contributed by atoms with Crippen LogP contribution in [0.3, 0.4) is 0 Å². The van der Waals surface area contributed by atoms with E-state index in [2.05, 4.69) is 15.4 Å². The minimum Gasteiger partial charge on any atom is -0.326 e. The molecule has 1 amide bonds. The molecule has 0 atom stereocenters. The molecule has 3 heterocycles. The summed E-state index contributed by atoms with van der Waals surface area (Å²) in [5, 5.41) is 9.16. The van der Waals surface area contributed by atoms with Gasteiger partial charge in [0, 0.05) is 29.7 Å². The van der Waals surface area contributed by atoms with E-state index in [9.17, 15) is 4.79 Å². The standard InChI is InChI=1S/C20H17Cl2N5O/c1-11-14(6-8-18(28)25-13-5-7-16(21)17(22)10-13)12(2)27-20(24-11)15-4-3-9-23-19(15)26-27/h3-5,7,9-10H,6,8H2,1-2H3,(H,25,28). The van der Waals surface area contributed by atoms with Crippen molar-refractivity contribution in [3.63, 3.8) is 0 Å².